The molecule has 1 amide bonds. The molecule has 33 heavy (non-hydrogen) atoms. The normalized spacial score (nSPS) is 18.1. The Labute approximate surface area is 194 Å². The van der Waals surface area contributed by atoms with Crippen molar-refractivity contribution in [2.75, 3.05) is 26.7 Å². The SMILES string of the molecule is COC(=O)CC(C(=O)NC(CN1CCC(O)C1)c1ccccc1)c1cccc2ccccc12. The molecule has 3 unspecified atom stereocenters. The smallest absolute Gasteiger partial charge is 0.306 e. The van der Waals surface area contributed by atoms with Crippen LogP contribution in [0.4, 0.5) is 0 Å². The van der Waals surface area contributed by atoms with Gasteiger partial charge in [0.15, 0.2) is 0 Å². The van der Waals surface area contributed by atoms with E-state index in [4.69, 9.17) is 4.74 Å². The van der Waals surface area contributed by atoms with Crippen molar-refractivity contribution < 1.29 is 19.4 Å². The van der Waals surface area contributed by atoms with E-state index in [1.54, 1.807) is 0 Å². The summed E-state index contributed by atoms with van der Waals surface area (Å²) in [7, 11) is 1.34. The summed E-state index contributed by atoms with van der Waals surface area (Å²) < 4.78 is 4.92. The lowest BCUT2D eigenvalue weighted by Gasteiger charge is -2.27. The third-order valence-corrected chi connectivity index (χ3v) is 6.32. The fourth-order valence-electron chi connectivity index (χ4n) is 4.58. The Balaban J connectivity index is 1.64. The number of amides is 1. The highest BCUT2D eigenvalue weighted by molar-refractivity contribution is 5.95. The molecule has 1 heterocycles. The number of methoxy groups -OCH3 is 1. The van der Waals surface area contributed by atoms with Crippen LogP contribution in [0.5, 0.6) is 0 Å². The second-order valence-corrected chi connectivity index (χ2v) is 8.58. The minimum absolute atomic E-state index is 0.0414. The van der Waals surface area contributed by atoms with Crippen LogP contribution in [-0.2, 0) is 14.3 Å². The number of fused-ring (bicyclic) bond motifs is 1. The zero-order valence-corrected chi connectivity index (χ0v) is 18.8. The molecule has 4 rings (SSSR count). The molecular formula is C27H30N2O4. The van der Waals surface area contributed by atoms with Gasteiger partial charge in [0.25, 0.3) is 0 Å². The van der Waals surface area contributed by atoms with E-state index in [-0.39, 0.29) is 24.5 Å². The van der Waals surface area contributed by atoms with Gasteiger partial charge in [0.05, 0.1) is 31.6 Å². The molecule has 172 valence electrons. The van der Waals surface area contributed by atoms with Crippen molar-refractivity contribution in [2.24, 2.45) is 0 Å². The molecular weight excluding hydrogens is 416 g/mol. The number of nitrogens with one attached hydrogen (secondary N) is 1. The molecule has 0 aliphatic carbocycles. The van der Waals surface area contributed by atoms with Crippen LogP contribution in [0.15, 0.2) is 72.8 Å². The number of carbonyl (C=O) groups is 2. The molecule has 6 nitrogen and oxygen atoms in total. The second-order valence-electron chi connectivity index (χ2n) is 8.58. The fraction of sp³-hybridized carbons (Fsp3) is 0.333. The van der Waals surface area contributed by atoms with Gasteiger partial charge in [-0.2, -0.15) is 0 Å². The monoisotopic (exact) mass is 446 g/mol. The third kappa shape index (κ3) is 5.59. The predicted molar refractivity (Wildman–Crippen MR) is 128 cm³/mol. The zero-order valence-electron chi connectivity index (χ0n) is 18.8. The number of hydrogen-bond acceptors (Lipinski definition) is 5. The fourth-order valence-corrected chi connectivity index (χ4v) is 4.58. The number of hydrogen-bond donors (Lipinski definition) is 2. The molecule has 0 spiro atoms. The Morgan fingerprint density at radius 3 is 2.52 bits per heavy atom. The van der Waals surface area contributed by atoms with E-state index in [2.05, 4.69) is 10.2 Å². The Morgan fingerprint density at radius 1 is 1.06 bits per heavy atom. The third-order valence-electron chi connectivity index (χ3n) is 6.32. The van der Waals surface area contributed by atoms with Gasteiger partial charge in [0.2, 0.25) is 5.91 Å². The lowest BCUT2D eigenvalue weighted by Crippen LogP contribution is -2.40. The lowest BCUT2D eigenvalue weighted by molar-refractivity contribution is -0.143. The van der Waals surface area contributed by atoms with Crippen molar-refractivity contribution in [3.8, 4) is 0 Å². The summed E-state index contributed by atoms with van der Waals surface area (Å²) in [6.07, 6.45) is 0.358. The number of aliphatic hydroxyl groups is 1. The van der Waals surface area contributed by atoms with Crippen LogP contribution >= 0.6 is 0 Å². The van der Waals surface area contributed by atoms with E-state index in [0.717, 1.165) is 34.9 Å². The number of carbonyl (C=O) groups excluding carboxylic acids is 2. The Bertz CT molecular complexity index is 1100. The summed E-state index contributed by atoms with van der Waals surface area (Å²) in [5.41, 5.74) is 1.79. The molecule has 1 fully saturated rings. The molecule has 6 heteroatoms. The Kier molecular flexibility index (Phi) is 7.37. The van der Waals surface area contributed by atoms with Crippen LogP contribution in [0.25, 0.3) is 10.8 Å². The molecule has 3 aromatic carbocycles. The highest BCUT2D eigenvalue weighted by Crippen LogP contribution is 2.30. The van der Waals surface area contributed by atoms with Gasteiger partial charge in [-0.05, 0) is 28.3 Å². The summed E-state index contributed by atoms with van der Waals surface area (Å²) in [5, 5.41) is 15.1. The van der Waals surface area contributed by atoms with Crippen molar-refractivity contribution >= 4 is 22.6 Å². The summed E-state index contributed by atoms with van der Waals surface area (Å²) >= 11 is 0. The van der Waals surface area contributed by atoms with Crippen molar-refractivity contribution in [3.05, 3.63) is 83.9 Å². The number of ether oxygens (including phenoxy) is 1. The number of nitrogens with zero attached hydrogens (tertiary/aromatic N) is 1. The van der Waals surface area contributed by atoms with E-state index < -0.39 is 11.9 Å². The first-order valence-corrected chi connectivity index (χ1v) is 11.4. The minimum atomic E-state index is -0.682. The quantitative estimate of drug-likeness (QED) is 0.519. The number of aliphatic hydroxyl groups excluding tert-OH is 1. The molecule has 0 bridgehead atoms. The molecule has 3 atom stereocenters. The zero-order chi connectivity index (χ0) is 23.2. The number of β-amino-alcohol motifs (C(OH)–C–C–N with tert-alkyl or cyclic N) is 1. The molecule has 0 aromatic heterocycles. The molecule has 2 N–H and O–H groups in total. The van der Waals surface area contributed by atoms with Gasteiger partial charge in [-0.25, -0.2) is 0 Å². The van der Waals surface area contributed by atoms with Gasteiger partial charge in [-0.15, -0.1) is 0 Å². The van der Waals surface area contributed by atoms with E-state index >= 15 is 0 Å². The maximum atomic E-state index is 13.7. The van der Waals surface area contributed by atoms with Gasteiger partial charge in [0, 0.05) is 19.6 Å². The average molecular weight is 447 g/mol. The molecule has 0 saturated carbocycles. The van der Waals surface area contributed by atoms with Gasteiger partial charge < -0.3 is 15.2 Å². The molecule has 1 aliphatic heterocycles. The molecule has 0 radical (unpaired) electrons. The van der Waals surface area contributed by atoms with Crippen molar-refractivity contribution in [3.63, 3.8) is 0 Å². The van der Waals surface area contributed by atoms with E-state index in [0.29, 0.717) is 13.1 Å². The van der Waals surface area contributed by atoms with E-state index in [1.807, 2.05) is 72.8 Å². The van der Waals surface area contributed by atoms with Gasteiger partial charge in [-0.1, -0.05) is 72.8 Å². The van der Waals surface area contributed by atoms with E-state index in [1.165, 1.54) is 7.11 Å². The second kappa shape index (κ2) is 10.6. The van der Waals surface area contributed by atoms with Crippen LogP contribution in [-0.4, -0.2) is 54.7 Å². The van der Waals surface area contributed by atoms with Crippen LogP contribution in [0.3, 0.4) is 0 Å². The average Bonchev–Trinajstić information content (AvgIpc) is 3.26. The number of likely N-dealkylation sites (tertiary alicyclic amines) is 1. The highest BCUT2D eigenvalue weighted by Gasteiger charge is 2.30. The van der Waals surface area contributed by atoms with Gasteiger partial charge in [0.1, 0.15) is 0 Å². The van der Waals surface area contributed by atoms with Gasteiger partial charge >= 0.3 is 5.97 Å². The number of rotatable bonds is 8. The van der Waals surface area contributed by atoms with Crippen molar-refractivity contribution in [1.29, 1.82) is 0 Å². The summed E-state index contributed by atoms with van der Waals surface area (Å²) in [4.78, 5) is 28.1. The number of esters is 1. The lowest BCUT2D eigenvalue weighted by atomic mass is 9.89. The van der Waals surface area contributed by atoms with Crippen LogP contribution in [0.2, 0.25) is 0 Å². The highest BCUT2D eigenvalue weighted by atomic mass is 16.5. The summed E-state index contributed by atoms with van der Waals surface area (Å²) in [6, 6.07) is 23.2. The first-order valence-electron chi connectivity index (χ1n) is 11.4. The minimum Gasteiger partial charge on any atom is -0.469 e. The summed E-state index contributed by atoms with van der Waals surface area (Å²) in [5.74, 6) is -1.33. The van der Waals surface area contributed by atoms with Crippen LogP contribution < -0.4 is 5.32 Å². The molecule has 1 saturated heterocycles. The maximum Gasteiger partial charge on any atom is 0.306 e. The first-order chi connectivity index (χ1) is 16.0. The maximum absolute atomic E-state index is 13.7. The first kappa shape index (κ1) is 23.0. The van der Waals surface area contributed by atoms with Crippen molar-refractivity contribution in [1.82, 2.24) is 10.2 Å². The molecule has 1 aliphatic rings. The van der Waals surface area contributed by atoms with Crippen LogP contribution in [0, 0.1) is 0 Å². The Morgan fingerprint density at radius 2 is 1.79 bits per heavy atom. The van der Waals surface area contributed by atoms with Crippen molar-refractivity contribution in [2.45, 2.75) is 30.9 Å². The number of benzene rings is 3. The largest absolute Gasteiger partial charge is 0.469 e. The topological polar surface area (TPSA) is 78.9 Å². The Hall–Kier alpha value is -3.22. The standard InChI is InChI=1S/C27H30N2O4/c1-33-26(31)16-24(23-13-7-11-19-8-5-6-12-22(19)23)27(32)28-25(20-9-3-2-4-10-20)18-29-15-14-21(30)17-29/h2-13,21,24-25,30H,14-18H2,1H3,(H,28,32). The predicted octanol–water partition coefficient (Wildman–Crippen LogP) is 3.41. The van der Waals surface area contributed by atoms with Crippen LogP contribution in [0.1, 0.15) is 35.9 Å². The van der Waals surface area contributed by atoms with Gasteiger partial charge in [-0.3, -0.25) is 14.5 Å². The molecule has 3 aromatic rings. The summed E-state index contributed by atoms with van der Waals surface area (Å²) in [6.45, 7) is 1.97. The van der Waals surface area contributed by atoms with E-state index in [9.17, 15) is 14.7 Å².